The molecule has 0 saturated heterocycles. The first-order valence-corrected chi connectivity index (χ1v) is 6.16. The average molecular weight is 282 g/mol. The minimum Gasteiger partial charge on any atom is -0.395 e. The maximum Gasteiger partial charge on any atom is 0.285 e. The maximum absolute atomic E-state index is 12.4. The molecule has 0 bridgehead atoms. The number of nitro groups is 1. The van der Waals surface area contributed by atoms with Gasteiger partial charge in [-0.15, -0.1) is 0 Å². The Balaban J connectivity index is 3.11. The van der Waals surface area contributed by atoms with Gasteiger partial charge in [-0.1, -0.05) is 12.1 Å². The number of methoxy groups -OCH3 is 1. The van der Waals surface area contributed by atoms with Crippen molar-refractivity contribution < 1.29 is 19.6 Å². The first-order chi connectivity index (χ1) is 9.52. The van der Waals surface area contributed by atoms with Gasteiger partial charge in [0.1, 0.15) is 5.56 Å². The summed E-state index contributed by atoms with van der Waals surface area (Å²) in [5, 5.41) is 20.1. The first kappa shape index (κ1) is 16.1. The van der Waals surface area contributed by atoms with Gasteiger partial charge in [0.05, 0.1) is 18.1 Å². The molecule has 0 aromatic heterocycles. The summed E-state index contributed by atoms with van der Waals surface area (Å²) in [5.74, 6) is -0.480. The molecule has 1 amide bonds. The largest absolute Gasteiger partial charge is 0.395 e. The van der Waals surface area contributed by atoms with Crippen molar-refractivity contribution in [2.24, 2.45) is 0 Å². The van der Waals surface area contributed by atoms with Gasteiger partial charge in [0, 0.05) is 25.8 Å². The van der Waals surface area contributed by atoms with Crippen LogP contribution in [0, 0.1) is 17.0 Å². The van der Waals surface area contributed by atoms with Crippen LogP contribution in [0.3, 0.4) is 0 Å². The summed E-state index contributed by atoms with van der Waals surface area (Å²) in [6.07, 6.45) is 0. The van der Waals surface area contributed by atoms with Crippen molar-refractivity contribution in [1.82, 2.24) is 4.90 Å². The topological polar surface area (TPSA) is 92.9 Å². The van der Waals surface area contributed by atoms with Crippen molar-refractivity contribution in [3.8, 4) is 0 Å². The second-order valence-electron chi connectivity index (χ2n) is 4.24. The molecule has 0 fully saturated rings. The number of hydrogen-bond acceptors (Lipinski definition) is 5. The Morgan fingerprint density at radius 2 is 2.15 bits per heavy atom. The highest BCUT2D eigenvalue weighted by Gasteiger charge is 2.25. The van der Waals surface area contributed by atoms with Crippen LogP contribution < -0.4 is 0 Å². The van der Waals surface area contributed by atoms with E-state index in [4.69, 9.17) is 9.84 Å². The lowest BCUT2D eigenvalue weighted by Crippen LogP contribution is -2.36. The van der Waals surface area contributed by atoms with Crippen LogP contribution >= 0.6 is 0 Å². The number of ether oxygens (including phenoxy) is 1. The number of carbonyl (C=O) groups is 1. The normalized spacial score (nSPS) is 10.3. The van der Waals surface area contributed by atoms with Crippen molar-refractivity contribution in [2.75, 3.05) is 33.4 Å². The molecule has 7 nitrogen and oxygen atoms in total. The monoisotopic (exact) mass is 282 g/mol. The molecule has 1 rings (SSSR count). The highest BCUT2D eigenvalue weighted by molar-refractivity contribution is 5.98. The van der Waals surface area contributed by atoms with Crippen LogP contribution in [-0.2, 0) is 4.74 Å². The van der Waals surface area contributed by atoms with Gasteiger partial charge in [0.15, 0.2) is 0 Å². The molecular formula is C13H18N2O5. The average Bonchev–Trinajstić information content (AvgIpc) is 2.42. The van der Waals surface area contributed by atoms with Crippen LogP contribution in [0.1, 0.15) is 15.9 Å². The Morgan fingerprint density at radius 3 is 2.70 bits per heavy atom. The zero-order valence-electron chi connectivity index (χ0n) is 11.5. The lowest BCUT2D eigenvalue weighted by atomic mass is 10.1. The van der Waals surface area contributed by atoms with E-state index in [1.807, 2.05) is 0 Å². The fraction of sp³-hybridized carbons (Fsp3) is 0.462. The Bertz CT molecular complexity index is 490. The summed E-state index contributed by atoms with van der Waals surface area (Å²) in [7, 11) is 1.50. The van der Waals surface area contributed by atoms with E-state index in [1.165, 1.54) is 18.1 Å². The van der Waals surface area contributed by atoms with E-state index in [9.17, 15) is 14.9 Å². The number of nitro benzene ring substituents is 1. The van der Waals surface area contributed by atoms with Crippen molar-refractivity contribution in [3.63, 3.8) is 0 Å². The van der Waals surface area contributed by atoms with Gasteiger partial charge in [-0.3, -0.25) is 14.9 Å². The molecule has 1 N–H and O–H groups in total. The fourth-order valence-electron chi connectivity index (χ4n) is 1.88. The number of carbonyl (C=O) groups excluding carboxylic acids is 1. The van der Waals surface area contributed by atoms with Crippen LogP contribution in [0.15, 0.2) is 18.2 Å². The van der Waals surface area contributed by atoms with E-state index in [0.29, 0.717) is 12.2 Å². The number of aliphatic hydroxyl groups excluding tert-OH is 1. The molecule has 0 saturated carbocycles. The third-order valence-electron chi connectivity index (χ3n) is 2.87. The number of nitrogens with zero attached hydrogens (tertiary/aromatic N) is 2. The number of hydrogen-bond donors (Lipinski definition) is 1. The zero-order valence-corrected chi connectivity index (χ0v) is 11.5. The molecule has 0 unspecified atom stereocenters. The Kier molecular flexibility index (Phi) is 6.08. The smallest absolute Gasteiger partial charge is 0.285 e. The molecule has 0 aliphatic rings. The van der Waals surface area contributed by atoms with E-state index >= 15 is 0 Å². The van der Waals surface area contributed by atoms with Crippen molar-refractivity contribution >= 4 is 11.6 Å². The SMILES string of the molecule is COCCN(CCO)C(=O)c1cccc(C)c1[N+](=O)[O-]. The van der Waals surface area contributed by atoms with E-state index in [1.54, 1.807) is 19.1 Å². The lowest BCUT2D eigenvalue weighted by Gasteiger charge is -2.21. The Hall–Kier alpha value is -1.99. The summed E-state index contributed by atoms with van der Waals surface area (Å²) in [6.45, 7) is 2.04. The number of para-hydroxylation sites is 1. The Morgan fingerprint density at radius 1 is 1.45 bits per heavy atom. The fourth-order valence-corrected chi connectivity index (χ4v) is 1.88. The molecule has 0 aliphatic carbocycles. The Labute approximate surface area is 116 Å². The summed E-state index contributed by atoms with van der Waals surface area (Å²) >= 11 is 0. The van der Waals surface area contributed by atoms with Crippen LogP contribution in [0.4, 0.5) is 5.69 Å². The van der Waals surface area contributed by atoms with Gasteiger partial charge >= 0.3 is 0 Å². The molecule has 1 aromatic rings. The van der Waals surface area contributed by atoms with Gasteiger partial charge in [-0.25, -0.2) is 0 Å². The molecule has 0 heterocycles. The van der Waals surface area contributed by atoms with Crippen LogP contribution in [0.25, 0.3) is 0 Å². The zero-order chi connectivity index (χ0) is 15.1. The number of rotatable bonds is 7. The second-order valence-corrected chi connectivity index (χ2v) is 4.24. The maximum atomic E-state index is 12.4. The summed E-state index contributed by atoms with van der Waals surface area (Å²) in [5.41, 5.74) is 0.258. The van der Waals surface area contributed by atoms with Crippen molar-refractivity contribution in [2.45, 2.75) is 6.92 Å². The molecule has 1 aromatic carbocycles. The van der Waals surface area contributed by atoms with Gasteiger partial charge in [0.2, 0.25) is 0 Å². The number of amides is 1. The summed E-state index contributed by atoms with van der Waals surface area (Å²) in [6, 6.07) is 4.61. The quantitative estimate of drug-likeness (QED) is 0.594. The molecule has 7 heteroatoms. The second kappa shape index (κ2) is 7.56. The van der Waals surface area contributed by atoms with Crippen molar-refractivity contribution in [3.05, 3.63) is 39.4 Å². The van der Waals surface area contributed by atoms with E-state index in [0.717, 1.165) is 0 Å². The minimum absolute atomic E-state index is 0.0274. The number of aliphatic hydroxyl groups is 1. The van der Waals surface area contributed by atoms with Crippen molar-refractivity contribution in [1.29, 1.82) is 0 Å². The van der Waals surface area contributed by atoms with Gasteiger partial charge < -0.3 is 14.7 Å². The molecule has 110 valence electrons. The molecule has 0 atom stereocenters. The highest BCUT2D eigenvalue weighted by atomic mass is 16.6. The number of aryl methyl sites for hydroxylation is 1. The summed E-state index contributed by atoms with van der Waals surface area (Å²) in [4.78, 5) is 24.3. The third kappa shape index (κ3) is 3.75. The first-order valence-electron chi connectivity index (χ1n) is 6.16. The molecular weight excluding hydrogens is 264 g/mol. The third-order valence-corrected chi connectivity index (χ3v) is 2.87. The van der Waals surface area contributed by atoms with Crippen LogP contribution in [-0.4, -0.2) is 54.3 Å². The predicted octanol–water partition coefficient (Wildman–Crippen LogP) is 0.984. The number of benzene rings is 1. The van der Waals surface area contributed by atoms with Gasteiger partial charge in [-0.2, -0.15) is 0 Å². The van der Waals surface area contributed by atoms with Gasteiger partial charge in [-0.05, 0) is 13.0 Å². The van der Waals surface area contributed by atoms with Crippen LogP contribution in [0.2, 0.25) is 0 Å². The van der Waals surface area contributed by atoms with E-state index in [-0.39, 0.29) is 30.9 Å². The van der Waals surface area contributed by atoms with Crippen LogP contribution in [0.5, 0.6) is 0 Å². The highest BCUT2D eigenvalue weighted by Crippen LogP contribution is 2.24. The molecule has 20 heavy (non-hydrogen) atoms. The van der Waals surface area contributed by atoms with E-state index in [2.05, 4.69) is 0 Å². The molecule has 0 radical (unpaired) electrons. The lowest BCUT2D eigenvalue weighted by molar-refractivity contribution is -0.385. The summed E-state index contributed by atoms with van der Waals surface area (Å²) < 4.78 is 4.90. The van der Waals surface area contributed by atoms with E-state index < -0.39 is 10.8 Å². The molecule has 0 spiro atoms. The standard InChI is InChI=1S/C13H18N2O5/c1-10-4-3-5-11(12(10)15(18)19)13(17)14(6-8-16)7-9-20-2/h3-5,16H,6-9H2,1-2H3. The predicted molar refractivity (Wildman–Crippen MR) is 72.7 cm³/mol. The van der Waals surface area contributed by atoms with Gasteiger partial charge in [0.25, 0.3) is 11.6 Å². The molecule has 0 aliphatic heterocycles. The minimum atomic E-state index is -0.560.